The Morgan fingerprint density at radius 2 is 1.78 bits per heavy atom. The van der Waals surface area contributed by atoms with Crippen molar-refractivity contribution in [2.45, 2.75) is 32.4 Å². The molecule has 27 heavy (non-hydrogen) atoms. The maximum atomic E-state index is 13.6. The first-order valence-corrected chi connectivity index (χ1v) is 8.84. The third-order valence-corrected chi connectivity index (χ3v) is 4.26. The van der Waals surface area contributed by atoms with Gasteiger partial charge in [-0.2, -0.15) is 13.2 Å². The maximum absolute atomic E-state index is 13.6. The van der Waals surface area contributed by atoms with Crippen LogP contribution in [0.2, 0.25) is 5.02 Å². The van der Waals surface area contributed by atoms with Gasteiger partial charge in [-0.1, -0.05) is 49.7 Å². The van der Waals surface area contributed by atoms with Gasteiger partial charge in [0.05, 0.1) is 23.0 Å². The summed E-state index contributed by atoms with van der Waals surface area (Å²) in [5.74, 6) is -3.03. The number of para-hydroxylation sites is 1. The highest BCUT2D eigenvalue weighted by atomic mass is 35.5. The van der Waals surface area contributed by atoms with E-state index in [1.165, 1.54) is 17.0 Å². The van der Waals surface area contributed by atoms with E-state index >= 15 is 0 Å². The number of alkyl halides is 3. The van der Waals surface area contributed by atoms with Gasteiger partial charge in [-0.05, 0) is 35.7 Å². The Labute approximate surface area is 160 Å². The Bertz CT molecular complexity index is 792. The molecule has 0 heterocycles. The van der Waals surface area contributed by atoms with Crippen LogP contribution in [0.15, 0.2) is 48.5 Å². The number of carbonyl (C=O) groups excluding carboxylic acids is 1. The van der Waals surface area contributed by atoms with Crippen molar-refractivity contribution in [3.05, 3.63) is 64.9 Å². The first-order chi connectivity index (χ1) is 12.6. The summed E-state index contributed by atoms with van der Waals surface area (Å²) in [4.78, 5) is 14.4. The highest BCUT2D eigenvalue weighted by molar-refractivity contribution is 6.33. The van der Waals surface area contributed by atoms with E-state index in [0.29, 0.717) is 5.69 Å². The summed E-state index contributed by atoms with van der Waals surface area (Å²) in [6, 6.07) is 11.2. The fourth-order valence-corrected chi connectivity index (χ4v) is 3.07. The second-order valence-corrected chi connectivity index (χ2v) is 7.13. The molecule has 2 aromatic rings. The maximum Gasteiger partial charge on any atom is 0.390 e. The van der Waals surface area contributed by atoms with Gasteiger partial charge in [-0.15, -0.1) is 0 Å². The number of hydrogen-bond acceptors (Lipinski definition) is 1. The van der Waals surface area contributed by atoms with E-state index in [0.717, 1.165) is 12.1 Å². The van der Waals surface area contributed by atoms with Crippen LogP contribution in [0.25, 0.3) is 0 Å². The van der Waals surface area contributed by atoms with Crippen LogP contribution in [0.4, 0.5) is 23.2 Å². The van der Waals surface area contributed by atoms with Crippen LogP contribution >= 0.6 is 11.6 Å². The Balaban J connectivity index is 2.50. The number of benzene rings is 2. The smallest absolute Gasteiger partial charge is 0.310 e. The third kappa shape index (κ3) is 5.96. The molecule has 2 rings (SSSR count). The number of nitrogens with zero attached hydrogens (tertiary/aromatic N) is 1. The average Bonchev–Trinajstić information content (AvgIpc) is 2.57. The van der Waals surface area contributed by atoms with Crippen LogP contribution in [0.3, 0.4) is 0 Å². The lowest BCUT2D eigenvalue weighted by Gasteiger charge is -2.30. The third-order valence-electron chi connectivity index (χ3n) is 3.94. The summed E-state index contributed by atoms with van der Waals surface area (Å²) in [5.41, 5.74) is 0.319. The lowest BCUT2D eigenvalue weighted by atomic mass is 9.93. The molecule has 0 aliphatic heterocycles. The van der Waals surface area contributed by atoms with Crippen molar-refractivity contribution in [3.8, 4) is 0 Å². The van der Waals surface area contributed by atoms with Crippen molar-refractivity contribution in [2.75, 3.05) is 11.4 Å². The summed E-state index contributed by atoms with van der Waals surface area (Å²) >= 11 is 6.18. The standard InChI is InChI=1S/C20H20ClF4NO/c1-13(2)12-26(18-9-4-3-8-17(18)21)19(27)16(11-20(23,24)25)14-6-5-7-15(22)10-14/h3-10,13,16H,11-12H2,1-2H3. The summed E-state index contributed by atoms with van der Waals surface area (Å²) in [6.45, 7) is 3.88. The minimum absolute atomic E-state index is 0.00994. The monoisotopic (exact) mass is 401 g/mol. The number of amides is 1. The number of hydrogen-bond donors (Lipinski definition) is 0. The molecule has 1 atom stereocenters. The molecule has 1 unspecified atom stereocenters. The highest BCUT2D eigenvalue weighted by Crippen LogP contribution is 2.36. The van der Waals surface area contributed by atoms with Crippen molar-refractivity contribution in [1.29, 1.82) is 0 Å². The molecule has 1 amide bonds. The van der Waals surface area contributed by atoms with Crippen LogP contribution in [0, 0.1) is 11.7 Å². The van der Waals surface area contributed by atoms with E-state index < -0.39 is 30.2 Å². The van der Waals surface area contributed by atoms with Crippen LogP contribution in [-0.4, -0.2) is 18.6 Å². The molecule has 0 saturated heterocycles. The topological polar surface area (TPSA) is 20.3 Å². The first-order valence-electron chi connectivity index (χ1n) is 8.46. The Morgan fingerprint density at radius 3 is 2.33 bits per heavy atom. The normalized spacial score (nSPS) is 12.9. The van der Waals surface area contributed by atoms with E-state index in [2.05, 4.69) is 0 Å². The zero-order chi connectivity index (χ0) is 20.2. The minimum atomic E-state index is -4.59. The van der Waals surface area contributed by atoms with Gasteiger partial charge in [-0.3, -0.25) is 4.79 Å². The molecule has 0 aliphatic rings. The molecule has 2 aromatic carbocycles. The van der Waals surface area contributed by atoms with Gasteiger partial charge in [-0.25, -0.2) is 4.39 Å². The van der Waals surface area contributed by atoms with Gasteiger partial charge < -0.3 is 4.90 Å². The van der Waals surface area contributed by atoms with Gasteiger partial charge >= 0.3 is 6.18 Å². The zero-order valence-corrected chi connectivity index (χ0v) is 15.7. The number of anilines is 1. The van der Waals surface area contributed by atoms with E-state index in [-0.39, 0.29) is 23.0 Å². The summed E-state index contributed by atoms with van der Waals surface area (Å²) in [7, 11) is 0. The molecular formula is C20H20ClF4NO. The van der Waals surface area contributed by atoms with Crippen molar-refractivity contribution >= 4 is 23.2 Å². The van der Waals surface area contributed by atoms with Crippen molar-refractivity contribution in [3.63, 3.8) is 0 Å². The molecule has 0 aromatic heterocycles. The van der Waals surface area contributed by atoms with Gasteiger partial charge in [0, 0.05) is 6.54 Å². The quantitative estimate of drug-likeness (QED) is 0.527. The van der Waals surface area contributed by atoms with E-state index in [1.54, 1.807) is 24.3 Å². The SMILES string of the molecule is CC(C)CN(C(=O)C(CC(F)(F)F)c1cccc(F)c1)c1ccccc1Cl. The minimum Gasteiger partial charge on any atom is -0.310 e. The predicted molar refractivity (Wildman–Crippen MR) is 98.5 cm³/mol. The molecule has 0 bridgehead atoms. The van der Waals surface area contributed by atoms with E-state index in [1.807, 2.05) is 13.8 Å². The molecule has 0 aliphatic carbocycles. The summed E-state index contributed by atoms with van der Waals surface area (Å²) in [6.07, 6.45) is -5.97. The molecule has 146 valence electrons. The number of carbonyl (C=O) groups is 1. The van der Waals surface area contributed by atoms with Gasteiger partial charge in [0.15, 0.2) is 0 Å². The second kappa shape index (κ2) is 8.74. The lowest BCUT2D eigenvalue weighted by Crippen LogP contribution is -2.39. The largest absolute Gasteiger partial charge is 0.390 e. The van der Waals surface area contributed by atoms with E-state index in [9.17, 15) is 22.4 Å². The lowest BCUT2D eigenvalue weighted by molar-refractivity contribution is -0.147. The van der Waals surface area contributed by atoms with Crippen molar-refractivity contribution in [1.82, 2.24) is 0 Å². The molecule has 2 nitrogen and oxygen atoms in total. The van der Waals surface area contributed by atoms with Gasteiger partial charge in [0.25, 0.3) is 0 Å². The fraction of sp³-hybridized carbons (Fsp3) is 0.350. The van der Waals surface area contributed by atoms with Crippen LogP contribution in [0.1, 0.15) is 31.7 Å². The Hall–Kier alpha value is -2.08. The van der Waals surface area contributed by atoms with Crippen LogP contribution in [-0.2, 0) is 4.79 Å². The molecule has 0 radical (unpaired) electrons. The average molecular weight is 402 g/mol. The van der Waals surface area contributed by atoms with Crippen LogP contribution < -0.4 is 4.90 Å². The Kier molecular flexibility index (Phi) is 6.87. The molecule has 0 saturated carbocycles. The molecule has 0 spiro atoms. The number of halogens is 5. The first kappa shape index (κ1) is 21.2. The zero-order valence-electron chi connectivity index (χ0n) is 14.9. The highest BCUT2D eigenvalue weighted by Gasteiger charge is 2.39. The van der Waals surface area contributed by atoms with Gasteiger partial charge in [0.2, 0.25) is 5.91 Å². The fourth-order valence-electron chi connectivity index (χ4n) is 2.83. The van der Waals surface area contributed by atoms with Gasteiger partial charge in [0.1, 0.15) is 5.82 Å². The van der Waals surface area contributed by atoms with Crippen molar-refractivity contribution < 1.29 is 22.4 Å². The summed E-state index contributed by atoms with van der Waals surface area (Å²) < 4.78 is 53.1. The molecule has 0 fully saturated rings. The van der Waals surface area contributed by atoms with Crippen LogP contribution in [0.5, 0.6) is 0 Å². The molecular weight excluding hydrogens is 382 g/mol. The predicted octanol–water partition coefficient (Wildman–Crippen LogP) is 6.20. The van der Waals surface area contributed by atoms with E-state index in [4.69, 9.17) is 11.6 Å². The number of rotatable bonds is 6. The molecule has 0 N–H and O–H groups in total. The van der Waals surface area contributed by atoms with Crippen molar-refractivity contribution in [2.24, 2.45) is 5.92 Å². The Morgan fingerprint density at radius 1 is 1.11 bits per heavy atom. The molecule has 7 heteroatoms. The second-order valence-electron chi connectivity index (χ2n) is 6.72. The summed E-state index contributed by atoms with van der Waals surface area (Å²) in [5, 5.41) is 0.261.